The van der Waals surface area contributed by atoms with Gasteiger partial charge in [-0.05, 0) is 35.9 Å². The Morgan fingerprint density at radius 3 is 2.66 bits per heavy atom. The number of carbonyl (C=O) groups is 2. The third-order valence-corrected chi connectivity index (χ3v) is 5.85. The van der Waals surface area contributed by atoms with Crippen LogP contribution in [0.4, 0.5) is 14.5 Å². The summed E-state index contributed by atoms with van der Waals surface area (Å²) in [7, 11) is 0. The number of rotatable bonds is 7. The van der Waals surface area contributed by atoms with Gasteiger partial charge in [-0.3, -0.25) is 14.7 Å². The summed E-state index contributed by atoms with van der Waals surface area (Å²) in [4.78, 5) is 30.9. The first kappa shape index (κ1) is 25.2. The van der Waals surface area contributed by atoms with Gasteiger partial charge in [0.25, 0.3) is 11.8 Å². The minimum atomic E-state index is -2.91. The highest BCUT2D eigenvalue weighted by Crippen LogP contribution is 2.30. The summed E-state index contributed by atoms with van der Waals surface area (Å²) in [6, 6.07) is 4.49. The van der Waals surface area contributed by atoms with Crippen molar-refractivity contribution in [2.75, 3.05) is 5.32 Å². The summed E-state index contributed by atoms with van der Waals surface area (Å²) >= 11 is 12.3. The second-order valence-corrected chi connectivity index (χ2v) is 8.81. The molecule has 0 fully saturated rings. The number of aromatic amines is 1. The van der Waals surface area contributed by atoms with E-state index in [4.69, 9.17) is 28.9 Å². The predicted molar refractivity (Wildman–Crippen MR) is 131 cm³/mol. The van der Waals surface area contributed by atoms with Gasteiger partial charge in [0.2, 0.25) is 5.82 Å². The molecule has 0 bridgehead atoms. The van der Waals surface area contributed by atoms with Crippen LogP contribution in [-0.2, 0) is 6.54 Å². The Kier molecular flexibility index (Phi) is 6.46. The Bertz CT molecular complexity index is 1710. The van der Waals surface area contributed by atoms with Gasteiger partial charge in [-0.25, -0.2) is 18.4 Å². The maximum absolute atomic E-state index is 13.6. The fourth-order valence-corrected chi connectivity index (χ4v) is 4.23. The lowest BCUT2D eigenvalue weighted by Crippen LogP contribution is -2.22. The highest BCUT2D eigenvalue weighted by Gasteiger charge is 2.24. The van der Waals surface area contributed by atoms with E-state index in [0.717, 1.165) is 9.48 Å². The minimum absolute atomic E-state index is 0.0335. The zero-order chi connectivity index (χ0) is 27.1. The molecule has 0 atom stereocenters. The van der Waals surface area contributed by atoms with Gasteiger partial charge in [-0.1, -0.05) is 23.2 Å². The number of nitrogens with two attached hydrogens (primary N) is 1. The zero-order valence-electron chi connectivity index (χ0n) is 19.2. The fourth-order valence-electron chi connectivity index (χ4n) is 3.77. The molecule has 0 aliphatic carbocycles. The number of alkyl halides is 2. The normalized spacial score (nSPS) is 11.4. The van der Waals surface area contributed by atoms with Crippen LogP contribution in [-0.4, -0.2) is 57.0 Å². The van der Waals surface area contributed by atoms with Crippen molar-refractivity contribution in [1.82, 2.24) is 45.2 Å². The first-order valence-corrected chi connectivity index (χ1v) is 11.4. The van der Waals surface area contributed by atoms with E-state index in [1.807, 2.05) is 0 Å². The minimum Gasteiger partial charge on any atom is -0.365 e. The number of tetrazole rings is 1. The van der Waals surface area contributed by atoms with Crippen molar-refractivity contribution < 1.29 is 18.4 Å². The number of pyridine rings is 1. The first-order valence-electron chi connectivity index (χ1n) is 10.7. The monoisotopic (exact) mass is 561 g/mol. The van der Waals surface area contributed by atoms with E-state index in [9.17, 15) is 18.4 Å². The number of hydrogen-bond donors (Lipinski definition) is 3. The van der Waals surface area contributed by atoms with Gasteiger partial charge in [0.1, 0.15) is 12.2 Å². The quantitative estimate of drug-likeness (QED) is 0.271. The molecule has 4 aromatic heterocycles. The Morgan fingerprint density at radius 1 is 1.18 bits per heavy atom. The number of benzene rings is 1. The van der Waals surface area contributed by atoms with Gasteiger partial charge >= 0.3 is 6.43 Å². The molecule has 0 spiro atoms. The second kappa shape index (κ2) is 9.75. The lowest BCUT2D eigenvalue weighted by atomic mass is 10.0. The van der Waals surface area contributed by atoms with Crippen LogP contribution in [0.1, 0.15) is 44.4 Å². The van der Waals surface area contributed by atoms with E-state index >= 15 is 0 Å². The second-order valence-electron chi connectivity index (χ2n) is 7.97. The average molecular weight is 562 g/mol. The molecule has 4 N–H and O–H groups in total. The van der Waals surface area contributed by atoms with Gasteiger partial charge in [-0.2, -0.15) is 15.0 Å². The van der Waals surface area contributed by atoms with Crippen molar-refractivity contribution in [3.05, 3.63) is 69.0 Å². The summed E-state index contributed by atoms with van der Waals surface area (Å²) in [6.45, 7) is 1.48. The molecule has 0 saturated heterocycles. The number of anilines is 1. The van der Waals surface area contributed by atoms with Crippen LogP contribution < -0.4 is 11.1 Å². The molecular weight excluding hydrogens is 547 g/mol. The van der Waals surface area contributed by atoms with Gasteiger partial charge in [0, 0.05) is 11.6 Å². The number of fused-ring (bicyclic) bond motifs is 1. The lowest BCUT2D eigenvalue weighted by molar-refractivity contribution is 0.100. The maximum atomic E-state index is 13.6. The highest BCUT2D eigenvalue weighted by atomic mass is 35.5. The number of hydrogen-bond acceptors (Lipinski definition) is 8. The van der Waals surface area contributed by atoms with Crippen molar-refractivity contribution in [2.24, 2.45) is 5.73 Å². The van der Waals surface area contributed by atoms with Crippen molar-refractivity contribution >= 4 is 51.6 Å². The van der Waals surface area contributed by atoms with Gasteiger partial charge in [0.05, 0.1) is 38.7 Å². The number of H-pyrrole nitrogens is 1. The smallest absolute Gasteiger partial charge is 0.301 e. The molecule has 0 aliphatic heterocycles. The average Bonchev–Trinajstić information content (AvgIpc) is 3.59. The standard InChI is InChI=1S/C21H15Cl2F2N11O2/c1-8-2-9-5-28-30-16(9)14(18(26)37)15(8)29-21(38)13-4-11(7-35-33-19(17(24)25)31-34-35)32-36(13)20-12(23)3-10(22)6-27-20/h2-6,17H,7H2,1H3,(H2,26,37)(H,28,30)(H,29,38). The van der Waals surface area contributed by atoms with E-state index in [1.165, 1.54) is 24.5 Å². The SMILES string of the molecule is Cc1cc2cn[nH]c2c(C(N)=O)c1NC(=O)c1cc(Cn2nnc(C(F)F)n2)nn1-c1ncc(Cl)cc1Cl. The van der Waals surface area contributed by atoms with Crippen molar-refractivity contribution in [1.29, 1.82) is 0 Å². The van der Waals surface area contributed by atoms with E-state index < -0.39 is 24.1 Å². The molecular formula is C21H15Cl2F2N11O2. The third-order valence-electron chi connectivity index (χ3n) is 5.37. The molecule has 2 amide bonds. The summed E-state index contributed by atoms with van der Waals surface area (Å²) in [6.07, 6.45) is -0.0796. The number of primary amides is 1. The maximum Gasteiger partial charge on any atom is 0.301 e. The fraction of sp³-hybridized carbons (Fsp3) is 0.143. The molecule has 5 aromatic rings. The van der Waals surface area contributed by atoms with Gasteiger partial charge in [-0.15, -0.1) is 10.2 Å². The molecule has 0 saturated carbocycles. The highest BCUT2D eigenvalue weighted by molar-refractivity contribution is 6.35. The molecule has 13 nitrogen and oxygen atoms in total. The molecule has 194 valence electrons. The van der Waals surface area contributed by atoms with Gasteiger partial charge < -0.3 is 11.1 Å². The van der Waals surface area contributed by atoms with E-state index in [0.29, 0.717) is 16.5 Å². The van der Waals surface area contributed by atoms with Crippen LogP contribution in [0, 0.1) is 6.92 Å². The van der Waals surface area contributed by atoms with Crippen molar-refractivity contribution in [3.63, 3.8) is 0 Å². The zero-order valence-corrected chi connectivity index (χ0v) is 20.7. The number of aromatic nitrogens is 9. The number of halogens is 4. The molecule has 0 unspecified atom stereocenters. The number of nitrogens with one attached hydrogen (secondary N) is 2. The van der Waals surface area contributed by atoms with Crippen LogP contribution >= 0.6 is 23.2 Å². The molecule has 4 heterocycles. The Balaban J connectivity index is 1.58. The number of nitrogens with zero attached hydrogens (tertiary/aromatic N) is 8. The first-order chi connectivity index (χ1) is 18.1. The van der Waals surface area contributed by atoms with E-state index in [2.05, 4.69) is 41.0 Å². The Morgan fingerprint density at radius 2 is 1.97 bits per heavy atom. The van der Waals surface area contributed by atoms with E-state index in [1.54, 1.807) is 13.0 Å². The van der Waals surface area contributed by atoms with Crippen LogP contribution in [0.5, 0.6) is 0 Å². The van der Waals surface area contributed by atoms with Crippen LogP contribution in [0.15, 0.2) is 30.6 Å². The molecule has 17 heteroatoms. The lowest BCUT2D eigenvalue weighted by Gasteiger charge is -2.14. The molecule has 5 rings (SSSR count). The molecule has 0 radical (unpaired) electrons. The third kappa shape index (κ3) is 4.64. The molecule has 1 aromatic carbocycles. The summed E-state index contributed by atoms with van der Waals surface area (Å²) < 4.78 is 26.9. The number of aryl methyl sites for hydroxylation is 1. The number of carbonyl (C=O) groups excluding carboxylic acids is 2. The van der Waals surface area contributed by atoms with Crippen molar-refractivity contribution in [3.8, 4) is 5.82 Å². The number of amides is 2. The Hall–Kier alpha value is -4.50. The van der Waals surface area contributed by atoms with Gasteiger partial charge in [0.15, 0.2) is 5.82 Å². The summed E-state index contributed by atoms with van der Waals surface area (Å²) in [5.41, 5.74) is 6.83. The van der Waals surface area contributed by atoms with Crippen LogP contribution in [0.25, 0.3) is 16.7 Å². The predicted octanol–water partition coefficient (Wildman–Crippen LogP) is 3.08. The summed E-state index contributed by atoms with van der Waals surface area (Å²) in [5, 5.41) is 25.1. The van der Waals surface area contributed by atoms with Crippen LogP contribution in [0.3, 0.4) is 0 Å². The Labute approximate surface area is 220 Å². The summed E-state index contributed by atoms with van der Waals surface area (Å²) in [5.74, 6) is -2.19. The topological polar surface area (TPSA) is 175 Å². The van der Waals surface area contributed by atoms with Crippen LogP contribution in [0.2, 0.25) is 10.0 Å². The largest absolute Gasteiger partial charge is 0.365 e. The van der Waals surface area contributed by atoms with E-state index in [-0.39, 0.29) is 45.0 Å². The molecule has 38 heavy (non-hydrogen) atoms. The molecule has 0 aliphatic rings. The van der Waals surface area contributed by atoms with Crippen molar-refractivity contribution in [2.45, 2.75) is 19.9 Å².